The van der Waals surface area contributed by atoms with Crippen molar-refractivity contribution >= 4 is 52.4 Å². The van der Waals surface area contributed by atoms with Gasteiger partial charge in [-0.15, -0.1) is 11.3 Å². The lowest BCUT2D eigenvalue weighted by atomic mass is 9.97. The van der Waals surface area contributed by atoms with Crippen molar-refractivity contribution in [2.45, 2.75) is 49.9 Å². The summed E-state index contributed by atoms with van der Waals surface area (Å²) in [7, 11) is 1.69. The minimum Gasteiger partial charge on any atom is -0.490 e. The van der Waals surface area contributed by atoms with E-state index in [1.165, 1.54) is 23.1 Å². The number of benzene rings is 2. The number of thiazole rings is 1. The fraction of sp³-hybridized carbons (Fsp3) is 0.333. The molecular formula is C36H41ClN8O4S2. The summed E-state index contributed by atoms with van der Waals surface area (Å²) in [5.41, 5.74) is 14.8. The number of aromatic nitrogens is 2. The number of pyridine rings is 1. The third kappa shape index (κ3) is 12.0. The molecule has 6 N–H and O–H groups in total. The van der Waals surface area contributed by atoms with Crippen LogP contribution in [0.1, 0.15) is 49.9 Å². The van der Waals surface area contributed by atoms with Gasteiger partial charge in [-0.25, -0.2) is 9.97 Å². The first-order valence-electron chi connectivity index (χ1n) is 16.3. The molecule has 12 nitrogen and oxygen atoms in total. The number of nitrogens with one attached hydrogen (secondary N) is 2. The first-order valence-corrected chi connectivity index (χ1v) is 18.5. The first-order chi connectivity index (χ1) is 24.8. The number of rotatable bonds is 17. The fourth-order valence-electron chi connectivity index (χ4n) is 4.70. The highest BCUT2D eigenvalue weighted by Crippen LogP contribution is 2.37. The summed E-state index contributed by atoms with van der Waals surface area (Å²) < 4.78 is 10.9. The average Bonchev–Trinajstić information content (AvgIpc) is 3.63. The van der Waals surface area contributed by atoms with Crippen molar-refractivity contribution in [3.05, 3.63) is 75.8 Å². The Bertz CT molecular complexity index is 1820. The van der Waals surface area contributed by atoms with E-state index in [4.69, 9.17) is 37.5 Å². The summed E-state index contributed by atoms with van der Waals surface area (Å²) in [4.78, 5) is 33.5. The van der Waals surface area contributed by atoms with Crippen molar-refractivity contribution in [1.82, 2.24) is 20.6 Å². The Kier molecular flexibility index (Phi) is 17.2. The molecule has 1 atom stereocenters. The van der Waals surface area contributed by atoms with Crippen LogP contribution in [0, 0.1) is 22.7 Å². The van der Waals surface area contributed by atoms with Gasteiger partial charge in [-0.1, -0.05) is 67.9 Å². The van der Waals surface area contributed by atoms with Crippen LogP contribution in [-0.2, 0) is 20.1 Å². The third-order valence-electron chi connectivity index (χ3n) is 7.19. The molecule has 268 valence electrons. The van der Waals surface area contributed by atoms with E-state index in [0.717, 1.165) is 29.1 Å². The number of halogens is 1. The third-order valence-corrected chi connectivity index (χ3v) is 9.39. The highest BCUT2D eigenvalue weighted by atomic mass is 35.5. The number of nitrogen functional groups attached to an aromatic ring is 1. The quantitative estimate of drug-likeness (QED) is 0.0565. The van der Waals surface area contributed by atoms with Gasteiger partial charge in [-0.2, -0.15) is 10.5 Å². The number of thioether (sulfide) groups is 1. The van der Waals surface area contributed by atoms with Crippen LogP contribution in [-0.4, -0.2) is 61.2 Å². The molecule has 0 aliphatic rings. The Balaban J connectivity index is 0.00000345. The molecule has 15 heteroatoms. The van der Waals surface area contributed by atoms with Crippen LogP contribution in [0.2, 0.25) is 5.02 Å². The van der Waals surface area contributed by atoms with Gasteiger partial charge in [0.2, 0.25) is 5.91 Å². The Labute approximate surface area is 311 Å². The average molecular weight is 749 g/mol. The van der Waals surface area contributed by atoms with Gasteiger partial charge in [-0.05, 0) is 56.3 Å². The van der Waals surface area contributed by atoms with E-state index >= 15 is 0 Å². The zero-order valence-electron chi connectivity index (χ0n) is 28.7. The van der Waals surface area contributed by atoms with Crippen LogP contribution >= 0.6 is 34.7 Å². The minimum atomic E-state index is -0.585. The minimum absolute atomic E-state index is 0.0190. The van der Waals surface area contributed by atoms with Gasteiger partial charge < -0.3 is 31.6 Å². The van der Waals surface area contributed by atoms with Gasteiger partial charge in [0, 0.05) is 27.3 Å². The maximum absolute atomic E-state index is 12.3. The molecule has 0 radical (unpaired) electrons. The Morgan fingerprint density at radius 2 is 1.69 bits per heavy atom. The van der Waals surface area contributed by atoms with Crippen LogP contribution in [0.15, 0.2) is 58.9 Å². The molecule has 2 aromatic carbocycles. The lowest BCUT2D eigenvalue weighted by molar-refractivity contribution is -0.144. The molecule has 0 unspecified atom stereocenters. The molecule has 4 aromatic rings. The van der Waals surface area contributed by atoms with Gasteiger partial charge in [0.05, 0.1) is 17.3 Å². The number of hydrogen-bond acceptors (Lipinski definition) is 13. The number of hydrogen-bond donors (Lipinski definition) is 4. The fourth-order valence-corrected chi connectivity index (χ4v) is 6.64. The van der Waals surface area contributed by atoms with Crippen molar-refractivity contribution in [1.29, 1.82) is 10.5 Å². The van der Waals surface area contributed by atoms with Gasteiger partial charge >= 0.3 is 5.97 Å². The van der Waals surface area contributed by atoms with E-state index in [9.17, 15) is 20.1 Å². The molecule has 0 fully saturated rings. The van der Waals surface area contributed by atoms with Crippen LogP contribution in [0.5, 0.6) is 5.75 Å². The molecule has 4 rings (SSSR count). The predicted molar refractivity (Wildman–Crippen MR) is 202 cm³/mol. The number of likely N-dealkylation sites (N-methyl/N-ethyl adjacent to an activating group) is 1. The van der Waals surface area contributed by atoms with Gasteiger partial charge in [0.25, 0.3) is 0 Å². The summed E-state index contributed by atoms with van der Waals surface area (Å²) >= 11 is 8.82. The van der Waals surface area contributed by atoms with E-state index < -0.39 is 12.0 Å². The number of esters is 1. The lowest BCUT2D eigenvalue weighted by Gasteiger charge is -2.15. The van der Waals surface area contributed by atoms with Crippen molar-refractivity contribution in [3.8, 4) is 39.6 Å². The smallest absolute Gasteiger partial charge is 0.325 e. The second kappa shape index (κ2) is 21.5. The van der Waals surface area contributed by atoms with Crippen LogP contribution < -0.4 is 26.8 Å². The second-order valence-electron chi connectivity index (χ2n) is 10.5. The second-order valence-corrected chi connectivity index (χ2v) is 12.8. The summed E-state index contributed by atoms with van der Waals surface area (Å²) in [5, 5.41) is 29.4. The zero-order valence-corrected chi connectivity index (χ0v) is 31.1. The molecule has 0 aliphatic heterocycles. The van der Waals surface area contributed by atoms with Gasteiger partial charge in [0.1, 0.15) is 59.1 Å². The molecule has 0 bridgehead atoms. The number of ether oxygens (including phenoxy) is 2. The number of unbranched alkanes of at least 4 members (excludes halogenated alkanes) is 1. The highest BCUT2D eigenvalue weighted by Gasteiger charge is 2.21. The van der Waals surface area contributed by atoms with Crippen LogP contribution in [0.3, 0.4) is 0 Å². The van der Waals surface area contributed by atoms with Crippen molar-refractivity contribution < 1.29 is 19.1 Å². The number of nitrogens with two attached hydrogens (primary N) is 2. The molecule has 0 saturated heterocycles. The van der Waals surface area contributed by atoms with E-state index in [0.29, 0.717) is 45.6 Å². The summed E-state index contributed by atoms with van der Waals surface area (Å²) in [6.45, 7) is 4.35. The van der Waals surface area contributed by atoms with Gasteiger partial charge in [-0.3, -0.25) is 9.59 Å². The SMILES string of the molecule is CC.CN[C@@H](CCCCN)C(=O)NCC(=O)OCCOc1ccc(-c2c(C#N)c(N)nc(SCc3csc(-c4ccc(Cl)cc4)n3)c2C#N)cc1. The standard InChI is InChI=1S/C34H35ClN8O4S2.C2H6/c1-40-28(4-2-3-13-36)32(45)41-18-29(44)47-15-14-46-25-11-7-21(8-12-25)30-26(16-37)31(39)43-34(27(30)17-38)49-20-24-19-48-33(42-24)22-5-9-23(35)10-6-22;1-2/h5-12,19,28,40H,2-4,13-15,18,20,36H2,1H3,(H2,39,43)(H,41,45);1-2H3/t28-;/m0./s1. The molecule has 2 aromatic heterocycles. The summed E-state index contributed by atoms with van der Waals surface area (Å²) in [5.74, 6) is 0.0721. The molecule has 51 heavy (non-hydrogen) atoms. The van der Waals surface area contributed by atoms with Crippen LogP contribution in [0.25, 0.3) is 21.7 Å². The van der Waals surface area contributed by atoms with E-state index in [2.05, 4.69) is 27.8 Å². The summed E-state index contributed by atoms with van der Waals surface area (Å²) in [6, 6.07) is 18.1. The first kappa shape index (κ1) is 40.7. The number of carbonyl (C=O) groups is 2. The number of anilines is 1. The number of nitrogens with zero attached hydrogens (tertiary/aromatic N) is 4. The van der Waals surface area contributed by atoms with Crippen molar-refractivity contribution in [2.24, 2.45) is 5.73 Å². The zero-order chi connectivity index (χ0) is 37.2. The monoisotopic (exact) mass is 748 g/mol. The number of nitriles is 2. The Morgan fingerprint density at radius 3 is 2.33 bits per heavy atom. The van der Waals surface area contributed by atoms with Gasteiger partial charge in [0.15, 0.2) is 0 Å². The highest BCUT2D eigenvalue weighted by molar-refractivity contribution is 7.98. The van der Waals surface area contributed by atoms with E-state index in [-0.39, 0.29) is 42.6 Å². The predicted octanol–water partition coefficient (Wildman–Crippen LogP) is 5.92. The topological polar surface area (TPSA) is 202 Å². The van der Waals surface area contributed by atoms with E-state index in [1.807, 2.05) is 43.5 Å². The molecule has 1 amide bonds. The lowest BCUT2D eigenvalue weighted by Crippen LogP contribution is -2.44. The van der Waals surface area contributed by atoms with E-state index in [1.54, 1.807) is 31.3 Å². The van der Waals surface area contributed by atoms with Crippen molar-refractivity contribution in [2.75, 3.05) is 39.1 Å². The summed E-state index contributed by atoms with van der Waals surface area (Å²) in [6.07, 6.45) is 2.24. The molecule has 0 saturated carbocycles. The normalized spacial score (nSPS) is 11.0. The Morgan fingerprint density at radius 1 is 1.00 bits per heavy atom. The van der Waals surface area contributed by atoms with Crippen LogP contribution in [0.4, 0.5) is 5.82 Å². The maximum Gasteiger partial charge on any atom is 0.325 e. The molecule has 2 heterocycles. The largest absolute Gasteiger partial charge is 0.490 e. The molecular weight excluding hydrogens is 708 g/mol. The van der Waals surface area contributed by atoms with Crippen molar-refractivity contribution in [3.63, 3.8) is 0 Å². The maximum atomic E-state index is 12.3. The molecule has 0 aliphatic carbocycles. The Hall–Kier alpha value is -4.70. The number of carbonyl (C=O) groups excluding carboxylic acids is 2. The number of amides is 1. The molecule has 0 spiro atoms.